The van der Waals surface area contributed by atoms with Crippen molar-refractivity contribution >= 4 is 44.0 Å². The molecule has 1 amide bonds. The zero-order chi connectivity index (χ0) is 51.8. The van der Waals surface area contributed by atoms with Gasteiger partial charge in [0.05, 0.1) is 52.4 Å². The Kier molecular flexibility index (Phi) is 14.4. The monoisotopic (exact) mass is 1030 g/mol. The number of aromatic nitrogens is 4. The molecule has 18 nitrogen and oxygen atoms in total. The zero-order valence-electron chi connectivity index (χ0n) is 42.5. The van der Waals surface area contributed by atoms with E-state index in [1.54, 1.807) is 37.7 Å². The van der Waals surface area contributed by atoms with Gasteiger partial charge in [-0.15, -0.1) is 0 Å². The molecule has 2 aliphatic carbocycles. The molecule has 10 rings (SSSR count). The van der Waals surface area contributed by atoms with Crippen LogP contribution in [0, 0.1) is 21.4 Å². The van der Waals surface area contributed by atoms with Gasteiger partial charge in [0.1, 0.15) is 22.8 Å². The van der Waals surface area contributed by atoms with E-state index in [1.807, 2.05) is 25.3 Å². The molecule has 3 aromatic heterocycles. The van der Waals surface area contributed by atoms with Gasteiger partial charge in [-0.1, -0.05) is 38.1 Å². The number of piperazine rings is 1. The number of nitrogens with one attached hydrogen (secondary N) is 3. The number of carbonyl (C=O) groups excluding carboxylic acids is 1. The van der Waals surface area contributed by atoms with Gasteiger partial charge in [-0.05, 0) is 123 Å². The Labute approximate surface area is 432 Å². The summed E-state index contributed by atoms with van der Waals surface area (Å²) in [5.41, 5.74) is 4.40. The lowest BCUT2D eigenvalue weighted by molar-refractivity contribution is -0.384. The SMILES string of the molecule is COc1cnc(CN2CCN(C3CC4(CCN(c5ccc(C(=O)NS(=O)(=O)c6ccc(NCC7CCC(C)(O)CC7)c([N+](=O)[O-])c6)c(Oc6cnc7[nH]ccc7c6)c5)CC4)C3)C(c3ccccc3C(C)C)C2)cn1. The third-order valence-electron chi connectivity index (χ3n) is 16.0. The topological polar surface area (TPSA) is 221 Å². The number of piperidine rings is 1. The van der Waals surface area contributed by atoms with E-state index in [2.05, 4.69) is 82.8 Å². The maximum Gasteiger partial charge on any atom is 0.293 e. The van der Waals surface area contributed by atoms with Crippen LogP contribution in [0.1, 0.15) is 111 Å². The van der Waals surface area contributed by atoms with Crippen LogP contribution in [0.25, 0.3) is 11.0 Å². The molecule has 74 heavy (non-hydrogen) atoms. The fourth-order valence-corrected chi connectivity index (χ4v) is 12.7. The number of H-pyrrole nitrogens is 1. The molecule has 6 aromatic rings. The number of sulfonamides is 1. The minimum atomic E-state index is -4.59. The Morgan fingerprint density at radius 1 is 0.946 bits per heavy atom. The second-order valence-corrected chi connectivity index (χ2v) is 23.1. The first-order valence-corrected chi connectivity index (χ1v) is 27.3. The van der Waals surface area contributed by atoms with Gasteiger partial charge < -0.3 is 29.8 Å². The quantitative estimate of drug-likeness (QED) is 0.0525. The third kappa shape index (κ3) is 11.1. The summed E-state index contributed by atoms with van der Waals surface area (Å²) in [4.78, 5) is 49.4. The van der Waals surface area contributed by atoms with Crippen LogP contribution in [0.15, 0.2) is 102 Å². The van der Waals surface area contributed by atoms with E-state index in [9.17, 15) is 28.4 Å². The lowest BCUT2D eigenvalue weighted by atomic mass is 9.59. The van der Waals surface area contributed by atoms with Gasteiger partial charge in [0.25, 0.3) is 21.6 Å². The van der Waals surface area contributed by atoms with E-state index in [-0.39, 0.29) is 34.4 Å². The summed E-state index contributed by atoms with van der Waals surface area (Å²) >= 11 is 0. The highest BCUT2D eigenvalue weighted by molar-refractivity contribution is 7.90. The van der Waals surface area contributed by atoms with Gasteiger partial charge in [-0.2, -0.15) is 0 Å². The summed E-state index contributed by atoms with van der Waals surface area (Å²) in [5, 5.41) is 26.5. The Balaban J connectivity index is 0.830. The number of hydrogen-bond acceptors (Lipinski definition) is 15. The van der Waals surface area contributed by atoms with E-state index < -0.39 is 37.0 Å². The zero-order valence-corrected chi connectivity index (χ0v) is 43.3. The van der Waals surface area contributed by atoms with Crippen LogP contribution in [0.2, 0.25) is 0 Å². The Morgan fingerprint density at radius 3 is 2.46 bits per heavy atom. The molecule has 390 valence electrons. The van der Waals surface area contributed by atoms with Crippen LogP contribution in [0.3, 0.4) is 0 Å². The van der Waals surface area contributed by atoms with Gasteiger partial charge in [-0.3, -0.25) is 29.7 Å². The predicted molar refractivity (Wildman–Crippen MR) is 282 cm³/mol. The molecule has 4 fully saturated rings. The highest BCUT2D eigenvalue weighted by atomic mass is 32.2. The molecule has 1 spiro atoms. The number of fused-ring (bicyclic) bond motifs is 1. The summed E-state index contributed by atoms with van der Waals surface area (Å²) in [6.07, 6.45) is 13.8. The van der Waals surface area contributed by atoms with Crippen molar-refractivity contribution in [2.45, 2.75) is 107 Å². The van der Waals surface area contributed by atoms with Crippen LogP contribution in [0.4, 0.5) is 17.1 Å². The predicted octanol–water partition coefficient (Wildman–Crippen LogP) is 8.97. The first kappa shape index (κ1) is 50.8. The van der Waals surface area contributed by atoms with Crippen molar-refractivity contribution < 1.29 is 32.7 Å². The second kappa shape index (κ2) is 20.9. The molecule has 2 aliphatic heterocycles. The molecule has 0 bridgehead atoms. The minimum Gasteiger partial charge on any atom is -0.480 e. The minimum absolute atomic E-state index is 0.0355. The summed E-state index contributed by atoms with van der Waals surface area (Å²) in [7, 11) is -2.99. The number of benzene rings is 3. The van der Waals surface area contributed by atoms with Gasteiger partial charge in [0.2, 0.25) is 5.88 Å². The first-order valence-electron chi connectivity index (χ1n) is 25.8. The number of carbonyl (C=O) groups is 1. The number of rotatable bonds is 16. The van der Waals surface area contributed by atoms with Crippen LogP contribution in [-0.4, -0.2) is 112 Å². The summed E-state index contributed by atoms with van der Waals surface area (Å²) in [6, 6.07) is 22.0. The molecule has 2 saturated carbocycles. The number of nitrogens with zero attached hydrogens (tertiary/aromatic N) is 7. The number of methoxy groups -OCH3 is 1. The molecule has 2 saturated heterocycles. The first-order chi connectivity index (χ1) is 35.5. The van der Waals surface area contributed by atoms with Crippen molar-refractivity contribution in [3.8, 4) is 17.4 Å². The number of anilines is 2. The van der Waals surface area contributed by atoms with Gasteiger partial charge >= 0.3 is 0 Å². The Morgan fingerprint density at radius 2 is 1.73 bits per heavy atom. The van der Waals surface area contributed by atoms with Crippen molar-refractivity contribution in [2.75, 3.05) is 56.6 Å². The van der Waals surface area contributed by atoms with E-state index >= 15 is 0 Å². The van der Waals surface area contributed by atoms with E-state index in [4.69, 9.17) is 9.47 Å². The number of pyridine rings is 1. The summed E-state index contributed by atoms with van der Waals surface area (Å²) in [6.45, 7) is 11.9. The molecule has 0 radical (unpaired) electrons. The highest BCUT2D eigenvalue weighted by Gasteiger charge is 2.50. The third-order valence-corrected chi connectivity index (χ3v) is 17.4. The lowest BCUT2D eigenvalue weighted by Crippen LogP contribution is -2.60. The Bertz CT molecular complexity index is 3100. The maximum atomic E-state index is 14.1. The number of nitro groups is 1. The van der Waals surface area contributed by atoms with E-state index in [0.717, 1.165) is 101 Å². The fourth-order valence-electron chi connectivity index (χ4n) is 11.7. The molecule has 1 atom stereocenters. The second-order valence-electron chi connectivity index (χ2n) is 21.4. The molecular weight excluding hydrogens is 961 g/mol. The smallest absolute Gasteiger partial charge is 0.293 e. The van der Waals surface area contributed by atoms with Gasteiger partial charge in [-0.25, -0.2) is 23.1 Å². The standard InChI is InChI=1S/C55H66N10O8S/c1-36(2)44-7-5-6-8-45(44)49-35-62(34-39-31-59-51(72-4)33-57-39)23-24-64(49)41-28-55(29-41)18-21-63(22-19-55)40-9-11-46(50(26-40)73-42-25-38-15-20-56-52(38)60-32-42)53(66)61-74(70,71)43-10-12-47(48(27-43)65(68)69)58-30-37-13-16-54(3,67)17-14-37/h5-12,15,20,25-27,31-33,36-37,41,49,58,67H,13-14,16-19,21-24,28-30,34-35H2,1-4H3,(H,56,60)(H,61,66). The largest absolute Gasteiger partial charge is 0.480 e. The highest BCUT2D eigenvalue weighted by Crippen LogP contribution is 2.53. The fraction of sp³-hybridized carbons (Fsp3) is 0.455. The number of aromatic amines is 1. The van der Waals surface area contributed by atoms with Crippen molar-refractivity contribution in [1.82, 2.24) is 34.5 Å². The van der Waals surface area contributed by atoms with E-state index in [0.29, 0.717) is 48.6 Å². The average Bonchev–Trinajstić information content (AvgIpc) is 3.86. The number of nitro benzene ring substituents is 1. The summed E-state index contributed by atoms with van der Waals surface area (Å²) in [5.74, 6) is 0.631. The number of aliphatic hydroxyl groups is 1. The van der Waals surface area contributed by atoms with Crippen molar-refractivity contribution in [3.05, 3.63) is 130 Å². The number of hydrogen-bond donors (Lipinski definition) is 4. The molecule has 1 unspecified atom stereocenters. The average molecular weight is 1030 g/mol. The number of ether oxygens (including phenoxy) is 2. The molecule has 4 aliphatic rings. The lowest BCUT2D eigenvalue weighted by Gasteiger charge is -2.58. The van der Waals surface area contributed by atoms with Crippen molar-refractivity contribution in [3.63, 3.8) is 0 Å². The maximum absolute atomic E-state index is 14.1. The van der Waals surface area contributed by atoms with Crippen molar-refractivity contribution in [1.29, 1.82) is 0 Å². The van der Waals surface area contributed by atoms with Crippen LogP contribution < -0.4 is 24.4 Å². The Hall–Kier alpha value is -6.67. The van der Waals surface area contributed by atoms with Crippen molar-refractivity contribution in [2.24, 2.45) is 11.3 Å². The van der Waals surface area contributed by atoms with Crippen LogP contribution >= 0.6 is 0 Å². The normalized spacial score (nSPS) is 21.6. The number of amides is 1. The molecule has 19 heteroatoms. The van der Waals surface area contributed by atoms with Gasteiger partial charge in [0, 0.05) is 87.3 Å². The van der Waals surface area contributed by atoms with Crippen LogP contribution in [-0.2, 0) is 16.6 Å². The van der Waals surface area contributed by atoms with Gasteiger partial charge in [0.15, 0.2) is 0 Å². The molecule has 3 aromatic carbocycles. The van der Waals surface area contributed by atoms with E-state index in [1.165, 1.54) is 29.5 Å². The summed E-state index contributed by atoms with van der Waals surface area (Å²) < 4.78 is 41.5. The molecule has 5 heterocycles. The molecule has 4 N–H and O–H groups in total. The molecular formula is C55H66N10O8S. The van der Waals surface area contributed by atoms with Crippen LogP contribution in [0.5, 0.6) is 17.4 Å².